The van der Waals surface area contributed by atoms with Crippen molar-refractivity contribution in [3.63, 3.8) is 0 Å². The molecule has 0 radical (unpaired) electrons. The smallest absolute Gasteiger partial charge is 0.234 e. The van der Waals surface area contributed by atoms with E-state index in [1.165, 1.54) is 19.3 Å². The summed E-state index contributed by atoms with van der Waals surface area (Å²) in [5.41, 5.74) is 0. The minimum absolute atomic E-state index is 0.0163. The van der Waals surface area contributed by atoms with Gasteiger partial charge in [0.05, 0.1) is 6.07 Å². The van der Waals surface area contributed by atoms with E-state index in [-0.39, 0.29) is 18.4 Å². The van der Waals surface area contributed by atoms with Gasteiger partial charge >= 0.3 is 0 Å². The van der Waals surface area contributed by atoms with Crippen LogP contribution in [0.1, 0.15) is 32.1 Å². The summed E-state index contributed by atoms with van der Waals surface area (Å²) in [6.07, 6.45) is 6.75. The van der Waals surface area contributed by atoms with Crippen molar-refractivity contribution < 1.29 is 4.79 Å². The van der Waals surface area contributed by atoms with Gasteiger partial charge in [0.15, 0.2) is 0 Å². The molecule has 4 heteroatoms. The molecule has 0 bridgehead atoms. The maximum atomic E-state index is 11.2. The van der Waals surface area contributed by atoms with Crippen LogP contribution in [-0.2, 0) is 4.79 Å². The number of nitriles is 1. The minimum Gasteiger partial charge on any atom is -0.351 e. The van der Waals surface area contributed by atoms with Gasteiger partial charge in [-0.15, -0.1) is 0 Å². The van der Waals surface area contributed by atoms with Crippen molar-refractivity contribution in [3.05, 3.63) is 0 Å². The molecule has 0 spiro atoms. The van der Waals surface area contributed by atoms with Crippen LogP contribution < -0.4 is 5.32 Å². The largest absolute Gasteiger partial charge is 0.351 e. The lowest BCUT2D eigenvalue weighted by Gasteiger charge is -2.30. The van der Waals surface area contributed by atoms with Gasteiger partial charge < -0.3 is 5.32 Å². The van der Waals surface area contributed by atoms with Gasteiger partial charge in [-0.3, -0.25) is 4.79 Å². The van der Waals surface area contributed by atoms with Crippen molar-refractivity contribution in [1.82, 2.24) is 5.32 Å². The highest BCUT2D eigenvalue weighted by Crippen LogP contribution is 2.27. The molecule has 78 valence electrons. The number of hydrogen-bond acceptors (Lipinski definition) is 3. The summed E-state index contributed by atoms with van der Waals surface area (Å²) >= 11 is 1.82. The summed E-state index contributed by atoms with van der Waals surface area (Å²) in [7, 11) is 0. The van der Waals surface area contributed by atoms with Gasteiger partial charge in [-0.1, -0.05) is 12.8 Å². The van der Waals surface area contributed by atoms with Crippen molar-refractivity contribution in [2.75, 3.05) is 6.26 Å². The monoisotopic (exact) mass is 212 g/mol. The van der Waals surface area contributed by atoms with Crippen LogP contribution in [0, 0.1) is 11.3 Å². The number of thioether (sulfide) groups is 1. The average Bonchev–Trinajstić information content (AvgIpc) is 2.19. The van der Waals surface area contributed by atoms with E-state index in [1.54, 1.807) is 0 Å². The van der Waals surface area contributed by atoms with Crippen LogP contribution in [0.15, 0.2) is 0 Å². The summed E-state index contributed by atoms with van der Waals surface area (Å²) in [6, 6.07) is 2.15. The second-order valence-electron chi connectivity index (χ2n) is 3.57. The summed E-state index contributed by atoms with van der Waals surface area (Å²) in [5, 5.41) is 11.8. The molecule has 1 aliphatic carbocycles. The highest BCUT2D eigenvalue weighted by Gasteiger charge is 2.25. The maximum Gasteiger partial charge on any atom is 0.234 e. The number of rotatable bonds is 3. The highest BCUT2D eigenvalue weighted by atomic mass is 32.2. The first-order valence-corrected chi connectivity index (χ1v) is 6.26. The van der Waals surface area contributed by atoms with Gasteiger partial charge in [0, 0.05) is 11.3 Å². The fourth-order valence-electron chi connectivity index (χ4n) is 1.87. The minimum atomic E-state index is -0.126. The van der Waals surface area contributed by atoms with Crippen LogP contribution in [0.5, 0.6) is 0 Å². The summed E-state index contributed by atoms with van der Waals surface area (Å²) in [5.74, 6) is -0.126. The van der Waals surface area contributed by atoms with Crippen LogP contribution in [0.25, 0.3) is 0 Å². The molecule has 1 saturated carbocycles. The molecule has 1 rings (SSSR count). The Kier molecular flexibility index (Phi) is 4.81. The first-order valence-electron chi connectivity index (χ1n) is 4.97. The lowest BCUT2D eigenvalue weighted by atomic mass is 9.95. The number of nitrogens with one attached hydrogen (secondary N) is 1. The second kappa shape index (κ2) is 5.92. The predicted molar refractivity (Wildman–Crippen MR) is 57.9 cm³/mol. The zero-order chi connectivity index (χ0) is 10.4. The quantitative estimate of drug-likeness (QED) is 0.774. The van der Waals surface area contributed by atoms with Crippen molar-refractivity contribution in [2.24, 2.45) is 0 Å². The molecule has 14 heavy (non-hydrogen) atoms. The zero-order valence-corrected chi connectivity index (χ0v) is 9.27. The Morgan fingerprint density at radius 3 is 2.93 bits per heavy atom. The van der Waals surface area contributed by atoms with Crippen molar-refractivity contribution >= 4 is 17.7 Å². The number of carbonyl (C=O) groups is 1. The summed E-state index contributed by atoms with van der Waals surface area (Å²) in [4.78, 5) is 11.2. The Balaban J connectivity index is 2.40. The Labute approximate surface area is 89.2 Å². The van der Waals surface area contributed by atoms with Crippen molar-refractivity contribution in [1.29, 1.82) is 5.26 Å². The van der Waals surface area contributed by atoms with E-state index in [0.29, 0.717) is 5.25 Å². The Bertz CT molecular complexity index is 237. The van der Waals surface area contributed by atoms with Gasteiger partial charge in [-0.2, -0.15) is 17.0 Å². The van der Waals surface area contributed by atoms with Gasteiger partial charge in [-0.05, 0) is 19.1 Å². The zero-order valence-electron chi connectivity index (χ0n) is 8.45. The van der Waals surface area contributed by atoms with Crippen LogP contribution in [0.3, 0.4) is 0 Å². The molecule has 1 aliphatic rings. The van der Waals surface area contributed by atoms with E-state index < -0.39 is 0 Å². The van der Waals surface area contributed by atoms with Gasteiger partial charge in [0.25, 0.3) is 0 Å². The van der Waals surface area contributed by atoms with Gasteiger partial charge in [0.2, 0.25) is 5.91 Å². The van der Waals surface area contributed by atoms with Crippen molar-refractivity contribution in [2.45, 2.75) is 43.4 Å². The fraction of sp³-hybridized carbons (Fsp3) is 0.800. The van der Waals surface area contributed by atoms with Crippen LogP contribution >= 0.6 is 11.8 Å². The molecular weight excluding hydrogens is 196 g/mol. The van der Waals surface area contributed by atoms with E-state index in [0.717, 1.165) is 6.42 Å². The van der Waals surface area contributed by atoms with E-state index in [4.69, 9.17) is 5.26 Å². The fourth-order valence-corrected chi connectivity index (χ4v) is 2.81. The Morgan fingerprint density at radius 1 is 1.57 bits per heavy atom. The normalized spacial score (nSPS) is 26.6. The molecule has 1 fully saturated rings. The molecule has 3 nitrogen and oxygen atoms in total. The topological polar surface area (TPSA) is 52.9 Å². The SMILES string of the molecule is CSC1CCCCC1NC(=O)CC#N. The molecule has 0 heterocycles. The number of carbonyl (C=O) groups excluding carboxylic acids is 1. The highest BCUT2D eigenvalue weighted by molar-refractivity contribution is 7.99. The third-order valence-corrected chi connectivity index (χ3v) is 3.76. The molecule has 0 aromatic carbocycles. The van der Waals surface area contributed by atoms with Crippen molar-refractivity contribution in [3.8, 4) is 6.07 Å². The Hall–Kier alpha value is -0.690. The van der Waals surface area contributed by atoms with Crippen LogP contribution in [0.2, 0.25) is 0 Å². The van der Waals surface area contributed by atoms with E-state index in [9.17, 15) is 4.79 Å². The molecular formula is C10H16N2OS. The van der Waals surface area contributed by atoms with Gasteiger partial charge in [-0.25, -0.2) is 0 Å². The standard InChI is InChI=1S/C10H16N2OS/c1-14-9-5-3-2-4-8(9)12-10(13)6-7-11/h8-9H,2-6H2,1H3,(H,12,13). The van der Waals surface area contributed by atoms with Crippen LogP contribution in [0.4, 0.5) is 0 Å². The van der Waals surface area contributed by atoms with E-state index >= 15 is 0 Å². The summed E-state index contributed by atoms with van der Waals surface area (Å²) < 4.78 is 0. The predicted octanol–water partition coefficient (Wildman–Crippen LogP) is 1.69. The first kappa shape index (κ1) is 11.4. The van der Waals surface area contributed by atoms with Crippen LogP contribution in [-0.4, -0.2) is 23.5 Å². The molecule has 2 unspecified atom stereocenters. The summed E-state index contributed by atoms with van der Waals surface area (Å²) in [6.45, 7) is 0. The third kappa shape index (κ3) is 3.22. The lowest BCUT2D eigenvalue weighted by molar-refractivity contribution is -0.120. The Morgan fingerprint density at radius 2 is 2.29 bits per heavy atom. The molecule has 0 aromatic heterocycles. The second-order valence-corrected chi connectivity index (χ2v) is 4.64. The molecule has 1 amide bonds. The number of amides is 1. The average molecular weight is 212 g/mol. The molecule has 0 aliphatic heterocycles. The molecule has 0 saturated heterocycles. The molecule has 1 N–H and O–H groups in total. The lowest BCUT2D eigenvalue weighted by Crippen LogP contribution is -2.43. The van der Waals surface area contributed by atoms with E-state index in [1.807, 2.05) is 17.8 Å². The van der Waals surface area contributed by atoms with E-state index in [2.05, 4.69) is 11.6 Å². The number of hydrogen-bond donors (Lipinski definition) is 1. The van der Waals surface area contributed by atoms with Gasteiger partial charge in [0.1, 0.15) is 6.42 Å². The molecule has 0 aromatic rings. The first-order chi connectivity index (χ1) is 6.77. The molecule has 2 atom stereocenters. The number of nitrogens with zero attached hydrogens (tertiary/aromatic N) is 1. The third-order valence-electron chi connectivity index (χ3n) is 2.59. The maximum absolute atomic E-state index is 11.2.